The maximum absolute atomic E-state index is 9.59. The predicted molar refractivity (Wildman–Crippen MR) is 74.8 cm³/mol. The Morgan fingerprint density at radius 2 is 1.47 bits per heavy atom. The van der Waals surface area contributed by atoms with Crippen molar-refractivity contribution in [1.82, 2.24) is 0 Å². The molecule has 98 valence electrons. The normalized spacial score (nSPS) is 9.12. The lowest BCUT2D eigenvalue weighted by atomic mass is 10.2. The Kier molecular flexibility index (Phi) is 11.9. The number of rotatable bonds is 0. The molecular weight excluding hydrogens is 282 g/mol. The highest BCUT2D eigenvalue weighted by atomic mass is 35.6. The molecule has 0 bridgehead atoms. The fourth-order valence-electron chi connectivity index (χ4n) is 0.534. The van der Waals surface area contributed by atoms with Gasteiger partial charge in [-0.2, -0.15) is 0 Å². The van der Waals surface area contributed by atoms with Crippen LogP contribution >= 0.6 is 34.8 Å². The van der Waals surface area contributed by atoms with Crippen LogP contribution in [-0.2, 0) is 9.53 Å². The molecule has 0 amide bonds. The molecule has 0 aliphatic heterocycles. The summed E-state index contributed by atoms with van der Waals surface area (Å²) in [5.74, 6) is -0.245. The second-order valence-electron chi connectivity index (χ2n) is 3.13. The van der Waals surface area contributed by atoms with Gasteiger partial charge in [0.05, 0.1) is 7.11 Å². The van der Waals surface area contributed by atoms with Crippen molar-refractivity contribution in [2.75, 3.05) is 7.11 Å². The molecule has 0 aliphatic carbocycles. The van der Waals surface area contributed by atoms with E-state index in [0.29, 0.717) is 0 Å². The molecular formula is C12H17Cl3O2. The monoisotopic (exact) mass is 298 g/mol. The first-order valence-corrected chi connectivity index (χ1v) is 5.93. The van der Waals surface area contributed by atoms with Gasteiger partial charge in [-0.25, -0.2) is 0 Å². The summed E-state index contributed by atoms with van der Waals surface area (Å²) in [6, 6.07) is 10.3. The summed E-state index contributed by atoms with van der Waals surface area (Å²) in [5, 5.41) is 0. The van der Waals surface area contributed by atoms with Gasteiger partial charge in [0.25, 0.3) is 0 Å². The van der Waals surface area contributed by atoms with Gasteiger partial charge in [0.2, 0.25) is 0 Å². The first-order chi connectivity index (χ1) is 7.66. The molecule has 0 unspecified atom stereocenters. The van der Waals surface area contributed by atoms with E-state index in [9.17, 15) is 4.79 Å². The van der Waals surface area contributed by atoms with E-state index in [0.717, 1.165) is 0 Å². The summed E-state index contributed by atoms with van der Waals surface area (Å²) < 4.78 is 3.03. The summed E-state index contributed by atoms with van der Waals surface area (Å²) >= 11 is 15.2. The van der Waals surface area contributed by atoms with Crippen LogP contribution in [0, 0.1) is 6.92 Å². The van der Waals surface area contributed by atoms with E-state index in [-0.39, 0.29) is 5.97 Å². The van der Waals surface area contributed by atoms with Crippen LogP contribution < -0.4 is 0 Å². The van der Waals surface area contributed by atoms with Crippen molar-refractivity contribution >= 4 is 40.8 Å². The zero-order valence-electron chi connectivity index (χ0n) is 10.3. The Balaban J connectivity index is 0. The first-order valence-electron chi connectivity index (χ1n) is 4.79. The van der Waals surface area contributed by atoms with Gasteiger partial charge < -0.3 is 4.74 Å². The summed E-state index contributed by atoms with van der Waals surface area (Å²) in [4.78, 5) is 9.59. The molecule has 17 heavy (non-hydrogen) atoms. The first kappa shape index (κ1) is 18.9. The summed E-state index contributed by atoms with van der Waals surface area (Å²) in [5.41, 5.74) is 1.32. The lowest BCUT2D eigenvalue weighted by Crippen LogP contribution is -1.88. The number of alkyl halides is 3. The number of halogens is 3. The average molecular weight is 300 g/mol. The van der Waals surface area contributed by atoms with Crippen LogP contribution in [0.1, 0.15) is 19.4 Å². The Bertz CT molecular complexity index is 288. The van der Waals surface area contributed by atoms with E-state index in [1.54, 1.807) is 0 Å². The van der Waals surface area contributed by atoms with Gasteiger partial charge in [-0.05, 0) is 13.8 Å². The number of esters is 1. The third-order valence-electron chi connectivity index (χ3n) is 1.23. The highest BCUT2D eigenvalue weighted by Crippen LogP contribution is 2.23. The number of ether oxygens (including phenoxy) is 1. The maximum Gasteiger partial charge on any atom is 0.302 e. The van der Waals surface area contributed by atoms with Gasteiger partial charge in [0.1, 0.15) is 0 Å². The summed E-state index contributed by atoms with van der Waals surface area (Å²) in [7, 11) is 1.35. The Morgan fingerprint density at radius 3 is 1.59 bits per heavy atom. The average Bonchev–Trinajstić information content (AvgIpc) is 2.17. The van der Waals surface area contributed by atoms with E-state index >= 15 is 0 Å². The zero-order chi connectivity index (χ0) is 13.9. The van der Waals surface area contributed by atoms with Crippen LogP contribution in [0.2, 0.25) is 0 Å². The molecule has 1 rings (SSSR count). The molecule has 0 aromatic heterocycles. The van der Waals surface area contributed by atoms with Gasteiger partial charge in [0.15, 0.2) is 3.79 Å². The Hall–Kier alpha value is -0.440. The highest BCUT2D eigenvalue weighted by molar-refractivity contribution is 6.67. The lowest BCUT2D eigenvalue weighted by molar-refractivity contribution is -0.137. The zero-order valence-corrected chi connectivity index (χ0v) is 12.6. The molecule has 2 nitrogen and oxygen atoms in total. The molecule has 0 atom stereocenters. The second-order valence-corrected chi connectivity index (χ2v) is 5.98. The third kappa shape index (κ3) is 31.3. The summed E-state index contributed by atoms with van der Waals surface area (Å²) in [6.07, 6.45) is 0. The minimum atomic E-state index is -1.08. The standard InChI is InChI=1S/C7H8.C3H6O2.C2H3Cl3/c1-7-5-3-2-4-6-7;1-3(4)5-2;1-2(3,4)5/h2-6H,1H3;1-2H3;1H3. The number of carbonyl (C=O) groups excluding carboxylic acids is 1. The van der Waals surface area contributed by atoms with E-state index in [1.165, 1.54) is 26.5 Å². The Labute approximate surface area is 118 Å². The van der Waals surface area contributed by atoms with Crippen LogP contribution in [0.15, 0.2) is 30.3 Å². The number of methoxy groups -OCH3 is 1. The number of hydrogen-bond donors (Lipinski definition) is 0. The smallest absolute Gasteiger partial charge is 0.302 e. The van der Waals surface area contributed by atoms with E-state index < -0.39 is 3.79 Å². The molecule has 1 aromatic carbocycles. The minimum absolute atomic E-state index is 0.245. The molecule has 0 fully saturated rings. The Morgan fingerprint density at radius 1 is 1.18 bits per heavy atom. The maximum atomic E-state index is 9.59. The van der Waals surface area contributed by atoms with Crippen molar-refractivity contribution in [2.24, 2.45) is 0 Å². The number of hydrogen-bond acceptors (Lipinski definition) is 2. The lowest BCUT2D eigenvalue weighted by Gasteiger charge is -1.94. The van der Waals surface area contributed by atoms with Crippen molar-refractivity contribution < 1.29 is 9.53 Å². The van der Waals surface area contributed by atoms with Crippen molar-refractivity contribution in [3.8, 4) is 0 Å². The van der Waals surface area contributed by atoms with Crippen molar-refractivity contribution in [3.63, 3.8) is 0 Å². The van der Waals surface area contributed by atoms with Gasteiger partial charge >= 0.3 is 5.97 Å². The van der Waals surface area contributed by atoms with Crippen molar-refractivity contribution in [2.45, 2.75) is 24.6 Å². The molecule has 0 N–H and O–H groups in total. The molecule has 0 saturated carbocycles. The number of benzene rings is 1. The third-order valence-corrected chi connectivity index (χ3v) is 1.23. The SMILES string of the molecule is CC(Cl)(Cl)Cl.COC(C)=O.Cc1ccccc1. The fourth-order valence-corrected chi connectivity index (χ4v) is 0.534. The van der Waals surface area contributed by atoms with Gasteiger partial charge in [0, 0.05) is 6.92 Å². The van der Waals surface area contributed by atoms with Crippen LogP contribution in [0.4, 0.5) is 0 Å². The molecule has 0 saturated heterocycles. The van der Waals surface area contributed by atoms with Crippen LogP contribution in [0.25, 0.3) is 0 Å². The van der Waals surface area contributed by atoms with E-state index in [1.807, 2.05) is 18.2 Å². The van der Waals surface area contributed by atoms with Crippen LogP contribution in [0.3, 0.4) is 0 Å². The predicted octanol–water partition coefficient (Wildman–Crippen LogP) is 4.55. The van der Waals surface area contributed by atoms with Crippen LogP contribution in [0.5, 0.6) is 0 Å². The van der Waals surface area contributed by atoms with E-state index in [2.05, 4.69) is 23.8 Å². The number of carbonyl (C=O) groups is 1. The fraction of sp³-hybridized carbons (Fsp3) is 0.417. The topological polar surface area (TPSA) is 26.3 Å². The van der Waals surface area contributed by atoms with Crippen molar-refractivity contribution in [1.29, 1.82) is 0 Å². The summed E-state index contributed by atoms with van der Waals surface area (Å²) in [6.45, 7) is 4.93. The van der Waals surface area contributed by atoms with Gasteiger partial charge in [-0.15, -0.1) is 0 Å². The molecule has 0 heterocycles. The molecule has 0 radical (unpaired) electrons. The molecule has 0 spiro atoms. The molecule has 5 heteroatoms. The second kappa shape index (κ2) is 10.7. The van der Waals surface area contributed by atoms with E-state index in [4.69, 9.17) is 34.8 Å². The molecule has 0 aliphatic rings. The van der Waals surface area contributed by atoms with Gasteiger partial charge in [-0.1, -0.05) is 70.7 Å². The largest absolute Gasteiger partial charge is 0.469 e. The quantitative estimate of drug-likeness (QED) is 0.519. The highest BCUT2D eigenvalue weighted by Gasteiger charge is 2.07. The van der Waals surface area contributed by atoms with Gasteiger partial charge in [-0.3, -0.25) is 4.79 Å². The van der Waals surface area contributed by atoms with Crippen LogP contribution in [-0.4, -0.2) is 16.9 Å². The number of aryl methyl sites for hydroxylation is 1. The van der Waals surface area contributed by atoms with Crippen molar-refractivity contribution in [3.05, 3.63) is 35.9 Å². The molecule has 1 aromatic rings. The minimum Gasteiger partial charge on any atom is -0.469 e.